The van der Waals surface area contributed by atoms with Gasteiger partial charge in [-0.25, -0.2) is 0 Å². The van der Waals surface area contributed by atoms with Crippen LogP contribution in [0, 0.1) is 6.92 Å². The maximum atomic E-state index is 13.3. The summed E-state index contributed by atoms with van der Waals surface area (Å²) in [5, 5.41) is 15.6. The average molecular weight is 479 g/mol. The standard InChI is InChI=1S/C25H30N6O4/c1-17-8-4-7-11-20(17)30(15-23(32)26-19-9-5-6-10-19)24(33)16-31-28-25(27-29-31)18-12-13-21(34-2)22(14-18)35-3/h4,7-8,11-14,19H,5-6,9-10,15-16H2,1-3H3,(H,26,32). The number of ether oxygens (including phenoxy) is 2. The molecule has 0 radical (unpaired) electrons. The quantitative estimate of drug-likeness (QED) is 0.503. The molecule has 0 spiro atoms. The van der Waals surface area contributed by atoms with Crippen LogP contribution in [0.25, 0.3) is 11.4 Å². The van der Waals surface area contributed by atoms with Crippen LogP contribution in [0.5, 0.6) is 11.5 Å². The summed E-state index contributed by atoms with van der Waals surface area (Å²) in [5.41, 5.74) is 2.25. The van der Waals surface area contributed by atoms with Gasteiger partial charge in [-0.3, -0.25) is 9.59 Å². The minimum absolute atomic E-state index is 0.0720. The molecule has 0 aliphatic heterocycles. The molecule has 2 aromatic carbocycles. The van der Waals surface area contributed by atoms with Gasteiger partial charge in [-0.15, -0.1) is 10.2 Å². The minimum Gasteiger partial charge on any atom is -0.493 e. The van der Waals surface area contributed by atoms with Crippen molar-refractivity contribution >= 4 is 17.5 Å². The second-order valence-corrected chi connectivity index (χ2v) is 8.53. The maximum absolute atomic E-state index is 13.3. The number of nitrogens with one attached hydrogen (secondary N) is 1. The van der Waals surface area contributed by atoms with Gasteiger partial charge in [-0.2, -0.15) is 4.80 Å². The first-order valence-electron chi connectivity index (χ1n) is 11.6. The highest BCUT2D eigenvalue weighted by Crippen LogP contribution is 2.30. The topological polar surface area (TPSA) is 111 Å². The van der Waals surface area contributed by atoms with E-state index in [0.29, 0.717) is 28.6 Å². The summed E-state index contributed by atoms with van der Waals surface area (Å²) in [6.07, 6.45) is 4.19. The number of aryl methyl sites for hydroxylation is 1. The predicted octanol–water partition coefficient (Wildman–Crippen LogP) is 2.76. The van der Waals surface area contributed by atoms with E-state index in [1.165, 1.54) is 9.70 Å². The zero-order valence-corrected chi connectivity index (χ0v) is 20.2. The fourth-order valence-corrected chi connectivity index (χ4v) is 4.27. The molecule has 0 atom stereocenters. The molecule has 3 aromatic rings. The molecule has 0 bridgehead atoms. The Balaban J connectivity index is 1.51. The molecule has 1 N–H and O–H groups in total. The molecule has 1 fully saturated rings. The van der Waals surface area contributed by atoms with Gasteiger partial charge in [0.05, 0.1) is 14.2 Å². The van der Waals surface area contributed by atoms with E-state index < -0.39 is 0 Å². The number of aromatic nitrogens is 4. The van der Waals surface area contributed by atoms with Crippen LogP contribution in [-0.4, -0.2) is 58.8 Å². The molecule has 1 aliphatic rings. The van der Waals surface area contributed by atoms with Crippen molar-refractivity contribution in [1.82, 2.24) is 25.5 Å². The number of anilines is 1. The second-order valence-electron chi connectivity index (χ2n) is 8.53. The van der Waals surface area contributed by atoms with Crippen molar-refractivity contribution in [3.05, 3.63) is 48.0 Å². The van der Waals surface area contributed by atoms with Crippen LogP contribution in [-0.2, 0) is 16.1 Å². The van der Waals surface area contributed by atoms with Crippen molar-refractivity contribution in [2.75, 3.05) is 25.7 Å². The van der Waals surface area contributed by atoms with Gasteiger partial charge in [0, 0.05) is 17.3 Å². The highest BCUT2D eigenvalue weighted by Gasteiger charge is 2.24. The molecule has 4 rings (SSSR count). The van der Waals surface area contributed by atoms with Crippen molar-refractivity contribution in [1.29, 1.82) is 0 Å². The van der Waals surface area contributed by atoms with E-state index in [4.69, 9.17) is 9.47 Å². The lowest BCUT2D eigenvalue weighted by Gasteiger charge is -2.24. The lowest BCUT2D eigenvalue weighted by atomic mass is 10.1. The number of benzene rings is 2. The summed E-state index contributed by atoms with van der Waals surface area (Å²) in [4.78, 5) is 28.8. The number of nitrogens with zero attached hydrogens (tertiary/aromatic N) is 5. The van der Waals surface area contributed by atoms with E-state index in [0.717, 1.165) is 31.2 Å². The van der Waals surface area contributed by atoms with Crippen LogP contribution >= 0.6 is 0 Å². The zero-order chi connectivity index (χ0) is 24.8. The minimum atomic E-state index is -0.308. The molecule has 2 amide bonds. The number of rotatable bonds is 9. The Morgan fingerprint density at radius 3 is 2.54 bits per heavy atom. The molecule has 1 aromatic heterocycles. The molecule has 184 valence electrons. The Kier molecular flexibility index (Phi) is 7.59. The van der Waals surface area contributed by atoms with Crippen molar-refractivity contribution in [2.45, 2.75) is 45.2 Å². The first kappa shape index (κ1) is 24.2. The number of carbonyl (C=O) groups is 2. The van der Waals surface area contributed by atoms with E-state index in [1.807, 2.05) is 31.2 Å². The highest BCUT2D eigenvalue weighted by molar-refractivity contribution is 5.99. The van der Waals surface area contributed by atoms with E-state index in [1.54, 1.807) is 32.4 Å². The first-order chi connectivity index (χ1) is 17.0. The summed E-state index contributed by atoms with van der Waals surface area (Å²) < 4.78 is 10.6. The Morgan fingerprint density at radius 2 is 1.83 bits per heavy atom. The van der Waals surface area contributed by atoms with Crippen LogP contribution < -0.4 is 19.7 Å². The largest absolute Gasteiger partial charge is 0.493 e. The van der Waals surface area contributed by atoms with Gasteiger partial charge in [0.1, 0.15) is 13.1 Å². The van der Waals surface area contributed by atoms with Crippen LogP contribution in [0.15, 0.2) is 42.5 Å². The van der Waals surface area contributed by atoms with Gasteiger partial charge in [0.15, 0.2) is 11.5 Å². The fraction of sp³-hybridized carbons (Fsp3) is 0.400. The summed E-state index contributed by atoms with van der Waals surface area (Å²) in [6.45, 7) is 1.68. The SMILES string of the molecule is COc1ccc(-c2nnn(CC(=O)N(CC(=O)NC3CCCC3)c3ccccc3C)n2)cc1OC. The van der Waals surface area contributed by atoms with Gasteiger partial charge in [-0.1, -0.05) is 31.0 Å². The average Bonchev–Trinajstić information content (AvgIpc) is 3.55. The van der Waals surface area contributed by atoms with Gasteiger partial charge < -0.3 is 19.7 Å². The van der Waals surface area contributed by atoms with Crippen molar-refractivity contribution < 1.29 is 19.1 Å². The number of tetrazole rings is 1. The molecule has 0 unspecified atom stereocenters. The normalized spacial score (nSPS) is 13.5. The lowest BCUT2D eigenvalue weighted by molar-refractivity contribution is -0.124. The number of hydrogen-bond acceptors (Lipinski definition) is 7. The molecule has 0 saturated heterocycles. The number of carbonyl (C=O) groups excluding carboxylic acids is 2. The molecule has 10 heteroatoms. The van der Waals surface area contributed by atoms with Crippen molar-refractivity contribution in [2.24, 2.45) is 0 Å². The maximum Gasteiger partial charge on any atom is 0.251 e. The van der Waals surface area contributed by atoms with Gasteiger partial charge in [0.2, 0.25) is 11.7 Å². The third-order valence-electron chi connectivity index (χ3n) is 6.10. The number of para-hydroxylation sites is 1. The van der Waals surface area contributed by atoms with Gasteiger partial charge >= 0.3 is 0 Å². The molecule has 10 nitrogen and oxygen atoms in total. The third-order valence-corrected chi connectivity index (χ3v) is 6.10. The monoisotopic (exact) mass is 478 g/mol. The summed E-state index contributed by atoms with van der Waals surface area (Å²) in [6, 6.07) is 13.0. The predicted molar refractivity (Wildman–Crippen MR) is 130 cm³/mol. The van der Waals surface area contributed by atoms with Crippen LogP contribution in [0.4, 0.5) is 5.69 Å². The Morgan fingerprint density at radius 1 is 1.09 bits per heavy atom. The Labute approximate surface area is 204 Å². The molecular weight excluding hydrogens is 448 g/mol. The van der Waals surface area contributed by atoms with E-state index in [-0.39, 0.29) is 30.9 Å². The first-order valence-corrected chi connectivity index (χ1v) is 11.6. The van der Waals surface area contributed by atoms with Crippen LogP contribution in [0.1, 0.15) is 31.2 Å². The zero-order valence-electron chi connectivity index (χ0n) is 20.2. The smallest absolute Gasteiger partial charge is 0.251 e. The molecule has 1 aliphatic carbocycles. The Bertz CT molecular complexity index is 1190. The lowest BCUT2D eigenvalue weighted by Crippen LogP contribution is -2.45. The summed E-state index contributed by atoms with van der Waals surface area (Å²) in [5.74, 6) is 0.989. The number of amides is 2. The van der Waals surface area contributed by atoms with Gasteiger partial charge in [0.25, 0.3) is 5.91 Å². The third kappa shape index (κ3) is 5.76. The molecular formula is C25H30N6O4. The van der Waals surface area contributed by atoms with E-state index in [9.17, 15) is 9.59 Å². The highest BCUT2D eigenvalue weighted by atomic mass is 16.5. The summed E-state index contributed by atoms with van der Waals surface area (Å²) in [7, 11) is 3.11. The number of methoxy groups -OCH3 is 2. The molecule has 1 saturated carbocycles. The van der Waals surface area contributed by atoms with Crippen molar-refractivity contribution in [3.63, 3.8) is 0 Å². The van der Waals surface area contributed by atoms with Crippen molar-refractivity contribution in [3.8, 4) is 22.9 Å². The Hall–Kier alpha value is -3.95. The molecule has 1 heterocycles. The second kappa shape index (κ2) is 11.0. The van der Waals surface area contributed by atoms with E-state index >= 15 is 0 Å². The fourth-order valence-electron chi connectivity index (χ4n) is 4.27. The summed E-state index contributed by atoms with van der Waals surface area (Å²) >= 11 is 0. The van der Waals surface area contributed by atoms with Gasteiger partial charge in [-0.05, 0) is 54.8 Å². The van der Waals surface area contributed by atoms with Crippen LogP contribution in [0.2, 0.25) is 0 Å². The number of hydrogen-bond donors (Lipinski definition) is 1. The van der Waals surface area contributed by atoms with Crippen LogP contribution in [0.3, 0.4) is 0 Å². The molecule has 35 heavy (non-hydrogen) atoms. The van der Waals surface area contributed by atoms with E-state index in [2.05, 4.69) is 20.7 Å².